The molecule has 2 saturated carbocycles. The molecule has 3 fully saturated rings. The molecule has 2 amide bonds. The number of amides is 2. The highest BCUT2D eigenvalue weighted by Gasteiger charge is 2.43. The van der Waals surface area contributed by atoms with Crippen molar-refractivity contribution in [3.8, 4) is 0 Å². The molecule has 2 aliphatic carbocycles. The van der Waals surface area contributed by atoms with E-state index in [2.05, 4.69) is 0 Å². The van der Waals surface area contributed by atoms with Crippen molar-refractivity contribution < 1.29 is 9.59 Å². The van der Waals surface area contributed by atoms with E-state index in [0.717, 1.165) is 44.5 Å². The predicted octanol–water partition coefficient (Wildman–Crippen LogP) is 2.29. The summed E-state index contributed by atoms with van der Waals surface area (Å²) in [5.41, 5.74) is 7.54. The minimum Gasteiger partial charge on any atom is -0.338 e. The van der Waals surface area contributed by atoms with Crippen molar-refractivity contribution in [3.05, 3.63) is 29.8 Å². The molecule has 136 valence electrons. The highest BCUT2D eigenvalue weighted by atomic mass is 35.5. The quantitative estimate of drug-likeness (QED) is 0.896. The van der Waals surface area contributed by atoms with Gasteiger partial charge in [0, 0.05) is 32.1 Å². The van der Waals surface area contributed by atoms with Crippen molar-refractivity contribution in [1.29, 1.82) is 0 Å². The zero-order valence-electron chi connectivity index (χ0n) is 14.6. The van der Waals surface area contributed by atoms with Crippen LogP contribution in [-0.4, -0.2) is 42.9 Å². The number of nitrogens with two attached hydrogens (primary N) is 1. The van der Waals surface area contributed by atoms with Crippen LogP contribution in [0, 0.1) is 17.8 Å². The van der Waals surface area contributed by atoms with E-state index in [0.29, 0.717) is 17.4 Å². The van der Waals surface area contributed by atoms with Gasteiger partial charge >= 0.3 is 0 Å². The summed E-state index contributed by atoms with van der Waals surface area (Å²) in [5, 5.41) is 0. The minimum atomic E-state index is 0. The second kappa shape index (κ2) is 6.96. The third kappa shape index (κ3) is 3.27. The molecular formula is C19H26ClN3O2. The topological polar surface area (TPSA) is 66.6 Å². The summed E-state index contributed by atoms with van der Waals surface area (Å²) in [6.07, 6.45) is 4.13. The van der Waals surface area contributed by atoms with Crippen LogP contribution in [0.15, 0.2) is 24.3 Å². The van der Waals surface area contributed by atoms with E-state index in [1.165, 1.54) is 0 Å². The first-order chi connectivity index (χ1) is 11.6. The average molecular weight is 364 g/mol. The molecule has 2 N–H and O–H groups in total. The largest absolute Gasteiger partial charge is 0.338 e. The fraction of sp³-hybridized carbons (Fsp3) is 0.579. The van der Waals surface area contributed by atoms with Crippen LogP contribution in [0.5, 0.6) is 0 Å². The fourth-order valence-corrected chi connectivity index (χ4v) is 4.31. The molecular weight excluding hydrogens is 338 g/mol. The number of carbonyl (C=O) groups excluding carboxylic acids is 2. The maximum Gasteiger partial charge on any atom is 0.255 e. The molecule has 3 atom stereocenters. The molecule has 1 aromatic rings. The molecule has 1 aliphatic heterocycles. The van der Waals surface area contributed by atoms with Crippen molar-refractivity contribution in [3.63, 3.8) is 0 Å². The van der Waals surface area contributed by atoms with Gasteiger partial charge < -0.3 is 15.5 Å². The van der Waals surface area contributed by atoms with Gasteiger partial charge in [-0.15, -0.1) is 12.4 Å². The van der Waals surface area contributed by atoms with E-state index >= 15 is 0 Å². The van der Waals surface area contributed by atoms with Crippen molar-refractivity contribution in [2.75, 3.05) is 25.0 Å². The molecule has 5 nitrogen and oxygen atoms in total. The van der Waals surface area contributed by atoms with Crippen molar-refractivity contribution in [2.45, 2.75) is 31.7 Å². The van der Waals surface area contributed by atoms with Gasteiger partial charge in [0.1, 0.15) is 0 Å². The Morgan fingerprint density at radius 2 is 1.84 bits per heavy atom. The van der Waals surface area contributed by atoms with Crippen LogP contribution in [-0.2, 0) is 4.79 Å². The Bertz CT molecular complexity index is 676. The van der Waals surface area contributed by atoms with Crippen molar-refractivity contribution >= 4 is 29.9 Å². The monoisotopic (exact) mass is 363 g/mol. The highest BCUT2D eigenvalue weighted by Crippen LogP contribution is 2.38. The molecule has 1 heterocycles. The zero-order valence-corrected chi connectivity index (χ0v) is 15.4. The van der Waals surface area contributed by atoms with Crippen LogP contribution in [0.25, 0.3) is 0 Å². The maximum atomic E-state index is 13.1. The van der Waals surface area contributed by atoms with Gasteiger partial charge in [0.2, 0.25) is 5.91 Å². The Kier molecular flexibility index (Phi) is 5.07. The summed E-state index contributed by atoms with van der Waals surface area (Å²) in [6, 6.07) is 7.69. The standard InChI is InChI=1S/C19H25N3O2.ClH/c1-21(18(23)12-6-7-12)17-5-3-2-4-14(17)19(24)22-10-13-8-9-16(20)15(13)11-22;/h2-5,12-13,15-16H,6-11,20H2,1H3;1H. The van der Waals surface area contributed by atoms with Crippen LogP contribution in [0.4, 0.5) is 5.69 Å². The minimum absolute atomic E-state index is 0. The lowest BCUT2D eigenvalue weighted by Crippen LogP contribution is -2.35. The molecule has 6 heteroatoms. The van der Waals surface area contributed by atoms with Crippen molar-refractivity contribution in [2.24, 2.45) is 23.5 Å². The number of carbonyl (C=O) groups is 2. The van der Waals surface area contributed by atoms with Crippen LogP contribution in [0.1, 0.15) is 36.0 Å². The second-order valence-corrected chi connectivity index (χ2v) is 7.56. The van der Waals surface area contributed by atoms with Gasteiger partial charge in [-0.1, -0.05) is 12.1 Å². The number of anilines is 1. The number of benzene rings is 1. The summed E-state index contributed by atoms with van der Waals surface area (Å²) >= 11 is 0. The highest BCUT2D eigenvalue weighted by molar-refractivity contribution is 6.05. The normalized spacial score (nSPS) is 27.6. The van der Waals surface area contributed by atoms with Gasteiger partial charge in [0.15, 0.2) is 0 Å². The van der Waals surface area contributed by atoms with E-state index < -0.39 is 0 Å². The van der Waals surface area contributed by atoms with Crippen LogP contribution in [0.3, 0.4) is 0 Å². The molecule has 3 aliphatic rings. The van der Waals surface area contributed by atoms with Gasteiger partial charge in [-0.25, -0.2) is 0 Å². The van der Waals surface area contributed by atoms with Gasteiger partial charge in [0.25, 0.3) is 5.91 Å². The molecule has 1 saturated heterocycles. The Hall–Kier alpha value is -1.59. The molecule has 1 aromatic carbocycles. The first-order valence-electron chi connectivity index (χ1n) is 8.97. The zero-order chi connectivity index (χ0) is 16.8. The summed E-state index contributed by atoms with van der Waals surface area (Å²) in [6.45, 7) is 1.55. The summed E-state index contributed by atoms with van der Waals surface area (Å²) in [7, 11) is 1.78. The van der Waals surface area contributed by atoms with Gasteiger partial charge in [-0.3, -0.25) is 9.59 Å². The number of hydrogen-bond donors (Lipinski definition) is 1. The Morgan fingerprint density at radius 1 is 1.12 bits per heavy atom. The van der Waals surface area contributed by atoms with Gasteiger partial charge in [-0.2, -0.15) is 0 Å². The summed E-state index contributed by atoms with van der Waals surface area (Å²) < 4.78 is 0. The SMILES string of the molecule is CN(C(=O)C1CC1)c1ccccc1C(=O)N1CC2CCC(N)C2C1.Cl. The number of likely N-dealkylation sites (tertiary alicyclic amines) is 1. The molecule has 0 spiro atoms. The molecule has 25 heavy (non-hydrogen) atoms. The Morgan fingerprint density at radius 3 is 2.52 bits per heavy atom. The van der Waals surface area contributed by atoms with Crippen LogP contribution in [0.2, 0.25) is 0 Å². The van der Waals surface area contributed by atoms with Gasteiger partial charge in [0.05, 0.1) is 11.3 Å². The molecule has 4 rings (SSSR count). The number of hydrogen-bond acceptors (Lipinski definition) is 3. The van der Waals surface area contributed by atoms with Gasteiger partial charge in [-0.05, 0) is 49.7 Å². The lowest BCUT2D eigenvalue weighted by molar-refractivity contribution is -0.119. The second-order valence-electron chi connectivity index (χ2n) is 7.56. The lowest BCUT2D eigenvalue weighted by atomic mass is 9.98. The molecule has 0 radical (unpaired) electrons. The van der Waals surface area contributed by atoms with E-state index in [1.807, 2.05) is 29.2 Å². The maximum absolute atomic E-state index is 13.1. The lowest BCUT2D eigenvalue weighted by Gasteiger charge is -2.24. The summed E-state index contributed by atoms with van der Waals surface area (Å²) in [4.78, 5) is 29.0. The fourth-order valence-electron chi connectivity index (χ4n) is 4.31. The van der Waals surface area contributed by atoms with E-state index in [1.54, 1.807) is 11.9 Å². The van der Waals surface area contributed by atoms with E-state index in [-0.39, 0.29) is 36.2 Å². The molecule has 0 aromatic heterocycles. The number of nitrogens with zero attached hydrogens (tertiary/aromatic N) is 2. The van der Waals surface area contributed by atoms with Crippen LogP contribution >= 0.6 is 12.4 Å². The molecule has 0 bridgehead atoms. The number of rotatable bonds is 3. The Labute approximate surface area is 154 Å². The number of para-hydroxylation sites is 1. The predicted molar refractivity (Wildman–Crippen MR) is 99.9 cm³/mol. The smallest absolute Gasteiger partial charge is 0.255 e. The Balaban J connectivity index is 0.00000182. The first kappa shape index (κ1) is 18.2. The first-order valence-corrected chi connectivity index (χ1v) is 8.97. The third-order valence-electron chi connectivity index (χ3n) is 5.95. The summed E-state index contributed by atoms with van der Waals surface area (Å²) in [5.74, 6) is 1.27. The van der Waals surface area contributed by atoms with Crippen LogP contribution < -0.4 is 10.6 Å². The number of halogens is 1. The average Bonchev–Trinajstić information content (AvgIpc) is 3.27. The third-order valence-corrected chi connectivity index (χ3v) is 5.95. The van der Waals surface area contributed by atoms with E-state index in [9.17, 15) is 9.59 Å². The number of fused-ring (bicyclic) bond motifs is 1. The van der Waals surface area contributed by atoms with E-state index in [4.69, 9.17) is 5.73 Å². The molecule has 3 unspecified atom stereocenters. The van der Waals surface area contributed by atoms with Crippen molar-refractivity contribution in [1.82, 2.24) is 4.90 Å².